The lowest BCUT2D eigenvalue weighted by atomic mass is 10.1. The maximum atomic E-state index is 13.2. The molecule has 2 aromatic rings. The summed E-state index contributed by atoms with van der Waals surface area (Å²) in [6.45, 7) is 10.9. The largest absolute Gasteiger partial charge is 0.492 e. The summed E-state index contributed by atoms with van der Waals surface area (Å²) in [4.78, 5) is 32.4. The number of hydrogen-bond acceptors (Lipinski definition) is 5. The van der Waals surface area contributed by atoms with Crippen LogP contribution < -0.4 is 9.64 Å². The van der Waals surface area contributed by atoms with Crippen LogP contribution in [-0.2, 0) is 4.74 Å². The number of piperazine rings is 1. The van der Waals surface area contributed by atoms with Gasteiger partial charge in [0.25, 0.3) is 5.91 Å². The summed E-state index contributed by atoms with van der Waals surface area (Å²) in [5, 5.41) is 0. The first-order valence-corrected chi connectivity index (χ1v) is 10.1. The number of ether oxygens (including phenoxy) is 2. The summed E-state index contributed by atoms with van der Waals surface area (Å²) in [7, 11) is 0. The van der Waals surface area contributed by atoms with Gasteiger partial charge in [-0.1, -0.05) is 12.1 Å². The Morgan fingerprint density at radius 1 is 1.03 bits per heavy atom. The van der Waals surface area contributed by atoms with Gasteiger partial charge in [-0.15, -0.1) is 0 Å². The molecule has 156 valence electrons. The van der Waals surface area contributed by atoms with Gasteiger partial charge >= 0.3 is 5.97 Å². The van der Waals surface area contributed by atoms with Crippen LogP contribution in [0.3, 0.4) is 0 Å². The van der Waals surface area contributed by atoms with Gasteiger partial charge in [0, 0.05) is 31.9 Å². The molecule has 7 nitrogen and oxygen atoms in total. The normalized spacial score (nSPS) is 14.1. The molecule has 0 unspecified atom stereocenters. The second-order valence-electron chi connectivity index (χ2n) is 7.03. The summed E-state index contributed by atoms with van der Waals surface area (Å²) >= 11 is 0. The Morgan fingerprint density at radius 2 is 1.72 bits per heavy atom. The van der Waals surface area contributed by atoms with Gasteiger partial charge in [0.05, 0.1) is 24.5 Å². The van der Waals surface area contributed by atoms with Crippen molar-refractivity contribution in [2.75, 3.05) is 44.3 Å². The summed E-state index contributed by atoms with van der Waals surface area (Å²) < 4.78 is 10.8. The first kappa shape index (κ1) is 20.8. The number of anilines is 1. The van der Waals surface area contributed by atoms with E-state index in [1.165, 1.54) is 0 Å². The number of aromatic nitrogens is 1. The minimum absolute atomic E-state index is 0.0514. The van der Waals surface area contributed by atoms with Crippen LogP contribution in [-0.4, -0.2) is 61.2 Å². The topological polar surface area (TPSA) is 74.9 Å². The zero-order valence-electron chi connectivity index (χ0n) is 17.6. The molecule has 0 spiro atoms. The number of carbonyl (C=O) groups is 2. The lowest BCUT2D eigenvalue weighted by molar-refractivity contribution is 0.0519. The lowest BCUT2D eigenvalue weighted by Gasteiger charge is -2.36. The van der Waals surface area contributed by atoms with Crippen molar-refractivity contribution in [3.05, 3.63) is 46.8 Å². The zero-order chi connectivity index (χ0) is 21.0. The number of esters is 1. The predicted octanol–water partition coefficient (Wildman–Crippen LogP) is 3.17. The molecule has 7 heteroatoms. The number of benzene rings is 1. The monoisotopic (exact) mass is 399 g/mol. The molecule has 1 aliphatic heterocycles. The zero-order valence-corrected chi connectivity index (χ0v) is 17.6. The third-order valence-corrected chi connectivity index (χ3v) is 5.20. The summed E-state index contributed by atoms with van der Waals surface area (Å²) in [6.07, 6.45) is 0. The first-order valence-electron chi connectivity index (χ1n) is 10.1. The number of amides is 1. The van der Waals surface area contributed by atoms with Crippen LogP contribution in [0, 0.1) is 13.8 Å². The van der Waals surface area contributed by atoms with E-state index in [1.807, 2.05) is 36.9 Å². The highest BCUT2D eigenvalue weighted by atomic mass is 16.5. The van der Waals surface area contributed by atoms with Crippen LogP contribution in [0.25, 0.3) is 0 Å². The van der Waals surface area contributed by atoms with Crippen LogP contribution in [0.2, 0.25) is 0 Å². The molecule has 1 amide bonds. The van der Waals surface area contributed by atoms with Gasteiger partial charge in [0.1, 0.15) is 11.4 Å². The maximum Gasteiger partial charge on any atom is 0.355 e. The fourth-order valence-electron chi connectivity index (χ4n) is 3.78. The Balaban J connectivity index is 1.72. The Labute approximate surface area is 171 Å². The first-order chi connectivity index (χ1) is 14.0. The molecule has 1 fully saturated rings. The number of aromatic amines is 1. The Hall–Kier alpha value is -2.96. The number of rotatable bonds is 6. The van der Waals surface area contributed by atoms with Crippen LogP contribution in [0.15, 0.2) is 24.3 Å². The molecule has 3 rings (SSSR count). The standard InChI is InChI=1S/C22H29N3O4/c1-5-28-18-10-8-7-9-17(18)24-11-13-25(14-12-24)21(26)19-15(3)20(23-16(19)4)22(27)29-6-2/h7-10,23H,5-6,11-14H2,1-4H3. The van der Waals surface area contributed by atoms with Gasteiger partial charge < -0.3 is 24.3 Å². The molecule has 29 heavy (non-hydrogen) atoms. The number of H-pyrrole nitrogens is 1. The quantitative estimate of drug-likeness (QED) is 0.755. The number of nitrogens with zero attached hydrogens (tertiary/aromatic N) is 2. The number of nitrogens with one attached hydrogen (secondary N) is 1. The van der Waals surface area contributed by atoms with E-state index in [-0.39, 0.29) is 5.91 Å². The van der Waals surface area contributed by atoms with Gasteiger partial charge in [-0.2, -0.15) is 0 Å². The molecule has 1 aliphatic rings. The van der Waals surface area contributed by atoms with Gasteiger partial charge in [0.2, 0.25) is 0 Å². The van der Waals surface area contributed by atoms with Gasteiger partial charge in [-0.3, -0.25) is 4.79 Å². The van der Waals surface area contributed by atoms with E-state index < -0.39 is 5.97 Å². The van der Waals surface area contributed by atoms with Crippen molar-refractivity contribution in [3.63, 3.8) is 0 Å². The Bertz CT molecular complexity index is 882. The highest BCUT2D eigenvalue weighted by Crippen LogP contribution is 2.29. The van der Waals surface area contributed by atoms with Crippen molar-refractivity contribution in [2.24, 2.45) is 0 Å². The highest BCUT2D eigenvalue weighted by Gasteiger charge is 2.29. The number of aryl methyl sites for hydroxylation is 1. The van der Waals surface area contributed by atoms with Crippen LogP contribution in [0.5, 0.6) is 5.75 Å². The summed E-state index contributed by atoms with van der Waals surface area (Å²) in [5.41, 5.74) is 3.32. The highest BCUT2D eigenvalue weighted by molar-refractivity contribution is 6.01. The van der Waals surface area contributed by atoms with Crippen molar-refractivity contribution in [1.82, 2.24) is 9.88 Å². The van der Waals surface area contributed by atoms with E-state index in [4.69, 9.17) is 9.47 Å². The average Bonchev–Trinajstić information content (AvgIpc) is 3.03. The molecule has 1 N–H and O–H groups in total. The third-order valence-electron chi connectivity index (χ3n) is 5.20. The molecule has 2 heterocycles. The molecule has 1 aromatic heterocycles. The average molecular weight is 399 g/mol. The van der Waals surface area contributed by atoms with E-state index in [1.54, 1.807) is 13.8 Å². The van der Waals surface area contributed by atoms with E-state index in [0.29, 0.717) is 48.8 Å². The van der Waals surface area contributed by atoms with Crippen molar-refractivity contribution >= 4 is 17.6 Å². The van der Waals surface area contributed by atoms with E-state index in [2.05, 4.69) is 16.0 Å². The molecule has 0 atom stereocenters. The Kier molecular flexibility index (Phi) is 6.46. The minimum atomic E-state index is -0.426. The molecular weight excluding hydrogens is 370 g/mol. The second-order valence-corrected chi connectivity index (χ2v) is 7.03. The second kappa shape index (κ2) is 9.03. The maximum absolute atomic E-state index is 13.2. The van der Waals surface area contributed by atoms with Crippen molar-refractivity contribution in [2.45, 2.75) is 27.7 Å². The fourth-order valence-corrected chi connectivity index (χ4v) is 3.78. The SMILES string of the molecule is CCOC(=O)c1[nH]c(C)c(C(=O)N2CCN(c3ccccc3OCC)CC2)c1C. The van der Waals surface area contributed by atoms with Gasteiger partial charge in [-0.25, -0.2) is 4.79 Å². The summed E-state index contributed by atoms with van der Waals surface area (Å²) in [6, 6.07) is 7.99. The number of hydrogen-bond donors (Lipinski definition) is 1. The molecule has 1 aromatic carbocycles. The third kappa shape index (κ3) is 4.23. The predicted molar refractivity (Wildman–Crippen MR) is 112 cm³/mol. The van der Waals surface area contributed by atoms with Crippen LogP contribution >= 0.6 is 0 Å². The van der Waals surface area contributed by atoms with E-state index in [9.17, 15) is 9.59 Å². The van der Waals surface area contributed by atoms with E-state index in [0.717, 1.165) is 24.5 Å². The molecule has 0 saturated carbocycles. The van der Waals surface area contributed by atoms with Gasteiger partial charge in [-0.05, 0) is 45.4 Å². The minimum Gasteiger partial charge on any atom is -0.492 e. The van der Waals surface area contributed by atoms with Gasteiger partial charge in [0.15, 0.2) is 0 Å². The fraction of sp³-hybridized carbons (Fsp3) is 0.455. The van der Waals surface area contributed by atoms with Crippen LogP contribution in [0.1, 0.15) is 46.0 Å². The van der Waals surface area contributed by atoms with Crippen LogP contribution in [0.4, 0.5) is 5.69 Å². The molecular formula is C22H29N3O4. The Morgan fingerprint density at radius 3 is 2.38 bits per heavy atom. The van der Waals surface area contributed by atoms with Crippen molar-refractivity contribution in [3.8, 4) is 5.75 Å². The lowest BCUT2D eigenvalue weighted by Crippen LogP contribution is -2.49. The summed E-state index contributed by atoms with van der Waals surface area (Å²) in [5.74, 6) is 0.389. The smallest absolute Gasteiger partial charge is 0.355 e. The van der Waals surface area contributed by atoms with Crippen molar-refractivity contribution in [1.29, 1.82) is 0 Å². The number of para-hydroxylation sites is 2. The van der Waals surface area contributed by atoms with Crippen molar-refractivity contribution < 1.29 is 19.1 Å². The molecule has 0 radical (unpaired) electrons. The number of carbonyl (C=O) groups excluding carboxylic acids is 2. The molecule has 1 saturated heterocycles. The molecule has 0 aliphatic carbocycles. The molecule has 0 bridgehead atoms. The van der Waals surface area contributed by atoms with E-state index >= 15 is 0 Å².